The van der Waals surface area contributed by atoms with Crippen molar-refractivity contribution < 1.29 is 0 Å². The predicted molar refractivity (Wildman–Crippen MR) is 88.4 cm³/mol. The number of unbranched alkanes of at least 4 members (excludes halogenated alkanes) is 10. The maximum atomic E-state index is 5.47. The van der Waals surface area contributed by atoms with Gasteiger partial charge in [0.15, 0.2) is 0 Å². The van der Waals surface area contributed by atoms with Gasteiger partial charge in [-0.25, -0.2) is 0 Å². The second-order valence-corrected chi connectivity index (χ2v) is 5.40. The first kappa shape index (κ1) is 18.4. The van der Waals surface area contributed by atoms with Crippen LogP contribution in [0.2, 0.25) is 0 Å². The third kappa shape index (κ3) is 17.4. The van der Waals surface area contributed by atoms with E-state index in [4.69, 9.17) is 5.73 Å². The fourth-order valence-electron chi connectivity index (χ4n) is 2.15. The van der Waals surface area contributed by atoms with Crippen molar-refractivity contribution in [2.24, 2.45) is 5.73 Å². The zero-order chi connectivity index (χ0) is 14.0. The highest BCUT2D eigenvalue weighted by Crippen LogP contribution is 2.07. The monoisotopic (exact) mass is 265 g/mol. The van der Waals surface area contributed by atoms with Crippen LogP contribution in [0.5, 0.6) is 0 Å². The van der Waals surface area contributed by atoms with E-state index in [1.165, 1.54) is 77.0 Å². The van der Waals surface area contributed by atoms with Gasteiger partial charge in [-0.05, 0) is 38.6 Å². The molecule has 0 aromatic rings. The van der Waals surface area contributed by atoms with Crippen LogP contribution in [0.1, 0.15) is 84.0 Å². The first-order chi connectivity index (χ1) is 9.41. The Hall–Kier alpha value is -0.560. The molecule has 0 fully saturated rings. The van der Waals surface area contributed by atoms with E-state index in [1.807, 2.05) is 0 Å². The van der Waals surface area contributed by atoms with E-state index >= 15 is 0 Å². The van der Waals surface area contributed by atoms with Gasteiger partial charge in [0.25, 0.3) is 0 Å². The van der Waals surface area contributed by atoms with E-state index in [1.54, 1.807) is 0 Å². The van der Waals surface area contributed by atoms with E-state index in [9.17, 15) is 0 Å². The lowest BCUT2D eigenvalue weighted by Gasteiger charge is -1.98. The van der Waals surface area contributed by atoms with Gasteiger partial charge in [0.2, 0.25) is 0 Å². The van der Waals surface area contributed by atoms with Gasteiger partial charge >= 0.3 is 0 Å². The Morgan fingerprint density at radius 3 is 1.63 bits per heavy atom. The maximum Gasteiger partial charge on any atom is -0.00773 e. The lowest BCUT2D eigenvalue weighted by molar-refractivity contribution is 0.601. The van der Waals surface area contributed by atoms with E-state index in [0.29, 0.717) is 0 Å². The van der Waals surface area contributed by atoms with Gasteiger partial charge in [0.05, 0.1) is 0 Å². The summed E-state index contributed by atoms with van der Waals surface area (Å²) in [7, 11) is 0. The molecule has 1 nitrogen and oxygen atoms in total. The van der Waals surface area contributed by atoms with Gasteiger partial charge in [0.1, 0.15) is 0 Å². The van der Waals surface area contributed by atoms with Gasteiger partial charge in [-0.15, -0.1) is 0 Å². The van der Waals surface area contributed by atoms with Crippen molar-refractivity contribution in [1.29, 1.82) is 0 Å². The molecule has 0 aliphatic rings. The summed E-state index contributed by atoms with van der Waals surface area (Å²) in [5.41, 5.74) is 5.47. The molecule has 0 atom stereocenters. The SMILES string of the molecule is CCCCCCC=CC=CCCCCCCCCN. The molecule has 0 radical (unpaired) electrons. The van der Waals surface area contributed by atoms with Gasteiger partial charge < -0.3 is 5.73 Å². The standard InChI is InChI=1S/C18H35N/c1-2-3-4-5-6-7-8-9-10-11-12-13-14-15-16-17-18-19/h7-10H,2-6,11-19H2,1H3. The van der Waals surface area contributed by atoms with Crippen molar-refractivity contribution in [1.82, 2.24) is 0 Å². The van der Waals surface area contributed by atoms with Crippen molar-refractivity contribution in [2.45, 2.75) is 84.0 Å². The minimum atomic E-state index is 0.855. The Kier molecular flexibility index (Phi) is 16.9. The summed E-state index contributed by atoms with van der Waals surface area (Å²) < 4.78 is 0. The first-order valence-electron chi connectivity index (χ1n) is 8.43. The molecular formula is C18H35N. The van der Waals surface area contributed by atoms with Crippen LogP contribution in [-0.4, -0.2) is 6.54 Å². The van der Waals surface area contributed by atoms with Gasteiger partial charge in [0, 0.05) is 0 Å². The van der Waals surface area contributed by atoms with E-state index in [2.05, 4.69) is 31.2 Å². The summed E-state index contributed by atoms with van der Waals surface area (Å²) in [5, 5.41) is 0. The van der Waals surface area contributed by atoms with Crippen LogP contribution in [0.3, 0.4) is 0 Å². The van der Waals surface area contributed by atoms with Crippen molar-refractivity contribution in [2.75, 3.05) is 6.54 Å². The molecule has 0 bridgehead atoms. The largest absolute Gasteiger partial charge is 0.330 e. The summed E-state index contributed by atoms with van der Waals surface area (Å²) in [6.45, 7) is 3.12. The van der Waals surface area contributed by atoms with Crippen LogP contribution in [-0.2, 0) is 0 Å². The quantitative estimate of drug-likeness (QED) is 0.314. The van der Waals surface area contributed by atoms with Crippen molar-refractivity contribution in [3.8, 4) is 0 Å². The molecule has 0 aromatic heterocycles. The third-order valence-electron chi connectivity index (χ3n) is 3.43. The van der Waals surface area contributed by atoms with Crippen molar-refractivity contribution in [3.05, 3.63) is 24.3 Å². The summed E-state index contributed by atoms with van der Waals surface area (Å²) in [4.78, 5) is 0. The van der Waals surface area contributed by atoms with Crippen LogP contribution < -0.4 is 5.73 Å². The Bertz CT molecular complexity index is 206. The van der Waals surface area contributed by atoms with E-state index < -0.39 is 0 Å². The third-order valence-corrected chi connectivity index (χ3v) is 3.43. The number of nitrogens with two attached hydrogens (primary N) is 1. The summed E-state index contributed by atoms with van der Waals surface area (Å²) >= 11 is 0. The molecule has 0 saturated carbocycles. The molecule has 0 aromatic carbocycles. The Labute approximate surface area is 121 Å². The number of hydrogen-bond acceptors (Lipinski definition) is 1. The molecule has 1 heteroatoms. The topological polar surface area (TPSA) is 26.0 Å². The van der Waals surface area contributed by atoms with Crippen LogP contribution in [0.4, 0.5) is 0 Å². The van der Waals surface area contributed by atoms with Crippen molar-refractivity contribution in [3.63, 3.8) is 0 Å². The zero-order valence-corrected chi connectivity index (χ0v) is 13.1. The van der Waals surface area contributed by atoms with Crippen LogP contribution in [0.25, 0.3) is 0 Å². The molecule has 0 spiro atoms. The highest BCUT2D eigenvalue weighted by molar-refractivity contribution is 5.02. The van der Waals surface area contributed by atoms with Gasteiger partial charge in [-0.2, -0.15) is 0 Å². The zero-order valence-electron chi connectivity index (χ0n) is 13.1. The second kappa shape index (κ2) is 17.4. The minimum absolute atomic E-state index is 0.855. The van der Waals surface area contributed by atoms with E-state index in [0.717, 1.165) is 6.54 Å². The highest BCUT2D eigenvalue weighted by atomic mass is 14.5. The molecule has 0 saturated heterocycles. The summed E-state index contributed by atoms with van der Waals surface area (Å²) in [6, 6.07) is 0. The molecule has 0 amide bonds. The van der Waals surface area contributed by atoms with E-state index in [-0.39, 0.29) is 0 Å². The predicted octanol–water partition coefficient (Wildman–Crippen LogP) is 5.76. The van der Waals surface area contributed by atoms with Gasteiger partial charge in [-0.1, -0.05) is 76.2 Å². The average Bonchev–Trinajstić information content (AvgIpc) is 2.43. The molecule has 19 heavy (non-hydrogen) atoms. The molecule has 0 aliphatic heterocycles. The van der Waals surface area contributed by atoms with Crippen LogP contribution >= 0.6 is 0 Å². The Balaban J connectivity index is 3.14. The molecule has 0 rings (SSSR count). The number of allylic oxidation sites excluding steroid dienone is 4. The van der Waals surface area contributed by atoms with Gasteiger partial charge in [-0.3, -0.25) is 0 Å². The minimum Gasteiger partial charge on any atom is -0.330 e. The maximum absolute atomic E-state index is 5.47. The van der Waals surface area contributed by atoms with Crippen LogP contribution in [0.15, 0.2) is 24.3 Å². The molecule has 0 aliphatic carbocycles. The fourth-order valence-corrected chi connectivity index (χ4v) is 2.15. The highest BCUT2D eigenvalue weighted by Gasteiger charge is 1.89. The normalized spacial score (nSPS) is 11.9. The average molecular weight is 265 g/mol. The molecule has 2 N–H and O–H groups in total. The molecular weight excluding hydrogens is 230 g/mol. The lowest BCUT2D eigenvalue weighted by atomic mass is 10.1. The fraction of sp³-hybridized carbons (Fsp3) is 0.778. The second-order valence-electron chi connectivity index (χ2n) is 5.40. The summed E-state index contributed by atoms with van der Waals surface area (Å²) in [5.74, 6) is 0. The van der Waals surface area contributed by atoms with Crippen molar-refractivity contribution >= 4 is 0 Å². The molecule has 112 valence electrons. The Morgan fingerprint density at radius 1 is 0.632 bits per heavy atom. The number of rotatable bonds is 14. The molecule has 0 unspecified atom stereocenters. The van der Waals surface area contributed by atoms with Crippen LogP contribution in [0, 0.1) is 0 Å². The molecule has 0 heterocycles. The number of hydrogen-bond donors (Lipinski definition) is 1. The Morgan fingerprint density at radius 2 is 1.11 bits per heavy atom. The first-order valence-corrected chi connectivity index (χ1v) is 8.43. The summed E-state index contributed by atoms with van der Waals surface area (Å²) in [6.07, 6.45) is 24.9. The smallest absolute Gasteiger partial charge is 0.00773 e. The lowest BCUT2D eigenvalue weighted by Crippen LogP contribution is -1.97.